The molecule has 2 N–H and O–H groups in total. The van der Waals surface area contributed by atoms with E-state index >= 15 is 0 Å². The Kier molecular flexibility index (Phi) is 2.05. The van der Waals surface area contributed by atoms with Gasteiger partial charge in [0.2, 0.25) is 0 Å². The summed E-state index contributed by atoms with van der Waals surface area (Å²) >= 11 is 0. The van der Waals surface area contributed by atoms with E-state index in [9.17, 15) is 0 Å². The van der Waals surface area contributed by atoms with Crippen molar-refractivity contribution in [3.63, 3.8) is 0 Å². The average molecular weight is 132 g/mol. The van der Waals surface area contributed by atoms with E-state index in [4.69, 9.17) is 14.9 Å². The molecule has 0 aromatic carbocycles. The van der Waals surface area contributed by atoms with Gasteiger partial charge in [0.15, 0.2) is 0 Å². The summed E-state index contributed by atoms with van der Waals surface area (Å²) < 4.78 is 5.14. The first-order valence-electron chi connectivity index (χ1n) is 3.19. The van der Waals surface area contributed by atoms with Gasteiger partial charge in [-0.05, 0) is 12.8 Å². The fourth-order valence-corrected chi connectivity index (χ4v) is 1.05. The third-order valence-corrected chi connectivity index (χ3v) is 1.76. The molecule has 0 aromatic heterocycles. The summed E-state index contributed by atoms with van der Waals surface area (Å²) in [5.74, 6) is 0. The van der Waals surface area contributed by atoms with E-state index in [0.29, 0.717) is 6.61 Å². The van der Waals surface area contributed by atoms with Gasteiger partial charge in [0, 0.05) is 6.61 Å². The number of aliphatic hydroxyl groups is 2. The van der Waals surface area contributed by atoms with E-state index in [1.54, 1.807) is 0 Å². The summed E-state index contributed by atoms with van der Waals surface area (Å²) in [5.41, 5.74) is -0.611. The Labute approximate surface area is 54.3 Å². The van der Waals surface area contributed by atoms with Crippen molar-refractivity contribution in [2.75, 3.05) is 19.8 Å². The molecule has 1 aliphatic rings. The third-order valence-electron chi connectivity index (χ3n) is 1.76. The highest BCUT2D eigenvalue weighted by atomic mass is 16.5. The van der Waals surface area contributed by atoms with E-state index in [1.165, 1.54) is 0 Å². The SMILES string of the molecule is OCC1(CO)CCCO1. The second-order valence-electron chi connectivity index (χ2n) is 2.45. The van der Waals surface area contributed by atoms with Crippen molar-refractivity contribution < 1.29 is 14.9 Å². The van der Waals surface area contributed by atoms with Crippen molar-refractivity contribution in [2.45, 2.75) is 18.4 Å². The van der Waals surface area contributed by atoms with Crippen molar-refractivity contribution in [3.05, 3.63) is 0 Å². The van der Waals surface area contributed by atoms with Gasteiger partial charge in [0.05, 0.1) is 13.2 Å². The van der Waals surface area contributed by atoms with Crippen LogP contribution in [-0.2, 0) is 4.74 Å². The number of hydrogen-bond donors (Lipinski definition) is 2. The molecule has 0 aliphatic carbocycles. The highest BCUT2D eigenvalue weighted by Crippen LogP contribution is 2.23. The number of ether oxygens (including phenoxy) is 1. The molecule has 54 valence electrons. The molecule has 0 spiro atoms. The lowest BCUT2D eigenvalue weighted by Crippen LogP contribution is -2.36. The molecule has 1 heterocycles. The van der Waals surface area contributed by atoms with Crippen LogP contribution in [0.15, 0.2) is 0 Å². The van der Waals surface area contributed by atoms with Crippen LogP contribution in [0.25, 0.3) is 0 Å². The number of aliphatic hydroxyl groups excluding tert-OH is 2. The largest absolute Gasteiger partial charge is 0.393 e. The molecule has 0 amide bonds. The Bertz CT molecular complexity index is 80.3. The molecule has 0 atom stereocenters. The Morgan fingerprint density at radius 3 is 2.22 bits per heavy atom. The molecule has 0 unspecified atom stereocenters. The number of hydrogen-bond acceptors (Lipinski definition) is 3. The average Bonchev–Trinajstić information content (AvgIpc) is 2.36. The van der Waals surface area contributed by atoms with E-state index in [1.807, 2.05) is 0 Å². The van der Waals surface area contributed by atoms with Crippen LogP contribution >= 0.6 is 0 Å². The second kappa shape index (κ2) is 2.64. The predicted molar refractivity (Wildman–Crippen MR) is 32.1 cm³/mol. The smallest absolute Gasteiger partial charge is 0.114 e. The lowest BCUT2D eigenvalue weighted by atomic mass is 10.0. The maximum absolute atomic E-state index is 8.73. The Balaban J connectivity index is 2.45. The summed E-state index contributed by atoms with van der Waals surface area (Å²) in [6.45, 7) is 0.536. The van der Waals surface area contributed by atoms with Gasteiger partial charge >= 0.3 is 0 Å². The highest BCUT2D eigenvalue weighted by molar-refractivity contribution is 4.83. The molecule has 0 radical (unpaired) electrons. The van der Waals surface area contributed by atoms with Gasteiger partial charge < -0.3 is 14.9 Å². The van der Waals surface area contributed by atoms with Gasteiger partial charge in [-0.15, -0.1) is 0 Å². The monoisotopic (exact) mass is 132 g/mol. The normalized spacial score (nSPS) is 24.7. The first-order chi connectivity index (χ1) is 4.33. The van der Waals surface area contributed by atoms with Crippen LogP contribution in [0, 0.1) is 0 Å². The molecule has 0 bridgehead atoms. The van der Waals surface area contributed by atoms with Crippen molar-refractivity contribution in [1.29, 1.82) is 0 Å². The van der Waals surface area contributed by atoms with E-state index < -0.39 is 5.60 Å². The third kappa shape index (κ3) is 1.23. The van der Waals surface area contributed by atoms with Crippen LogP contribution in [0.1, 0.15) is 12.8 Å². The van der Waals surface area contributed by atoms with Crippen LogP contribution < -0.4 is 0 Å². The predicted octanol–water partition coefficient (Wildman–Crippen LogP) is -0.480. The summed E-state index contributed by atoms with van der Waals surface area (Å²) in [6, 6.07) is 0. The van der Waals surface area contributed by atoms with E-state index in [0.717, 1.165) is 12.8 Å². The topological polar surface area (TPSA) is 49.7 Å². The lowest BCUT2D eigenvalue weighted by molar-refractivity contribution is -0.0718. The standard InChI is InChI=1S/C6H12O3/c7-4-6(5-8)2-1-3-9-6/h7-8H,1-5H2. The first-order valence-corrected chi connectivity index (χ1v) is 3.19. The Morgan fingerprint density at radius 2 is 2.00 bits per heavy atom. The summed E-state index contributed by atoms with van der Waals surface area (Å²) in [7, 11) is 0. The molecule has 3 heteroatoms. The summed E-state index contributed by atoms with van der Waals surface area (Å²) in [4.78, 5) is 0. The van der Waals surface area contributed by atoms with Crippen molar-refractivity contribution in [2.24, 2.45) is 0 Å². The quantitative estimate of drug-likeness (QED) is 0.533. The zero-order chi connectivity index (χ0) is 6.74. The molecule has 0 saturated carbocycles. The van der Waals surface area contributed by atoms with Crippen LogP contribution in [0.5, 0.6) is 0 Å². The molecular weight excluding hydrogens is 120 g/mol. The van der Waals surface area contributed by atoms with Gasteiger partial charge in [-0.3, -0.25) is 0 Å². The molecule has 9 heavy (non-hydrogen) atoms. The van der Waals surface area contributed by atoms with Crippen molar-refractivity contribution in [1.82, 2.24) is 0 Å². The lowest BCUT2D eigenvalue weighted by Gasteiger charge is -2.22. The summed E-state index contributed by atoms with van der Waals surface area (Å²) in [6.07, 6.45) is 1.72. The van der Waals surface area contributed by atoms with Gasteiger partial charge in [-0.2, -0.15) is 0 Å². The highest BCUT2D eigenvalue weighted by Gasteiger charge is 2.33. The van der Waals surface area contributed by atoms with Crippen LogP contribution in [0.4, 0.5) is 0 Å². The molecule has 0 aromatic rings. The molecular formula is C6H12O3. The van der Waals surface area contributed by atoms with Gasteiger partial charge in [-0.25, -0.2) is 0 Å². The fraction of sp³-hybridized carbons (Fsp3) is 1.00. The molecule has 3 nitrogen and oxygen atoms in total. The summed E-state index contributed by atoms with van der Waals surface area (Å²) in [5, 5.41) is 17.5. The molecule has 1 saturated heterocycles. The van der Waals surface area contributed by atoms with Crippen LogP contribution in [-0.4, -0.2) is 35.6 Å². The molecule has 1 aliphatic heterocycles. The Hall–Kier alpha value is -0.120. The van der Waals surface area contributed by atoms with E-state index in [2.05, 4.69) is 0 Å². The van der Waals surface area contributed by atoms with Gasteiger partial charge in [-0.1, -0.05) is 0 Å². The maximum atomic E-state index is 8.73. The minimum atomic E-state index is -0.611. The van der Waals surface area contributed by atoms with Crippen molar-refractivity contribution >= 4 is 0 Å². The second-order valence-corrected chi connectivity index (χ2v) is 2.45. The van der Waals surface area contributed by atoms with Gasteiger partial charge in [0.1, 0.15) is 5.60 Å². The Morgan fingerprint density at radius 1 is 1.33 bits per heavy atom. The maximum Gasteiger partial charge on any atom is 0.114 e. The van der Waals surface area contributed by atoms with Crippen molar-refractivity contribution in [3.8, 4) is 0 Å². The van der Waals surface area contributed by atoms with E-state index in [-0.39, 0.29) is 13.2 Å². The number of rotatable bonds is 2. The minimum absolute atomic E-state index is 0.0660. The molecule has 1 fully saturated rings. The fourth-order valence-electron chi connectivity index (χ4n) is 1.05. The van der Waals surface area contributed by atoms with Crippen LogP contribution in [0.3, 0.4) is 0 Å². The minimum Gasteiger partial charge on any atom is -0.393 e. The van der Waals surface area contributed by atoms with Gasteiger partial charge in [0.25, 0.3) is 0 Å². The zero-order valence-electron chi connectivity index (χ0n) is 5.34. The van der Waals surface area contributed by atoms with Crippen LogP contribution in [0.2, 0.25) is 0 Å². The molecule has 1 rings (SSSR count). The first kappa shape index (κ1) is 6.99. The zero-order valence-corrected chi connectivity index (χ0v) is 5.34.